The van der Waals surface area contributed by atoms with Gasteiger partial charge in [0.05, 0.1) is 77.2 Å². The van der Waals surface area contributed by atoms with E-state index in [9.17, 15) is 24.0 Å². The summed E-state index contributed by atoms with van der Waals surface area (Å²) in [6, 6.07) is 20.3. The summed E-state index contributed by atoms with van der Waals surface area (Å²) in [5.41, 5.74) is 5.60. The Balaban J connectivity index is 0.717. The maximum atomic E-state index is 13.2. The second-order valence-corrected chi connectivity index (χ2v) is 12.9. The Morgan fingerprint density at radius 1 is 0.655 bits per heavy atom. The van der Waals surface area contributed by atoms with Crippen molar-refractivity contribution < 1.29 is 52.4 Å². The molecule has 0 bridgehead atoms. The SMILES string of the molecule is O=C1CCC(N2C(=O)c3cccc(NCCOCCOCCOCCOCCOCCNC(=O)OCC4c5ccccc5-c5ccccc54)c3C2=O)C(=O)N1. The Bertz CT molecular complexity index is 1790. The van der Waals surface area contributed by atoms with E-state index in [1.165, 1.54) is 22.3 Å². The van der Waals surface area contributed by atoms with Crippen molar-refractivity contribution in [3.8, 4) is 11.1 Å². The van der Waals surface area contributed by atoms with Crippen LogP contribution in [0.4, 0.5) is 10.5 Å². The number of ether oxygens (including phenoxy) is 6. The van der Waals surface area contributed by atoms with E-state index in [0.29, 0.717) is 84.8 Å². The maximum Gasteiger partial charge on any atom is 0.407 e. The summed E-state index contributed by atoms with van der Waals surface area (Å²) in [6.07, 6.45) is -0.312. The lowest BCUT2D eigenvalue weighted by Crippen LogP contribution is -2.54. The number of carbonyl (C=O) groups excluding carboxylic acids is 5. The zero-order valence-corrected chi connectivity index (χ0v) is 30.6. The molecule has 6 rings (SSSR count). The molecule has 0 radical (unpaired) electrons. The molecule has 2 heterocycles. The number of hydrogen-bond acceptors (Lipinski definition) is 12. The van der Waals surface area contributed by atoms with Crippen LogP contribution in [-0.2, 0) is 38.0 Å². The summed E-state index contributed by atoms with van der Waals surface area (Å²) in [4.78, 5) is 63.2. The summed E-state index contributed by atoms with van der Waals surface area (Å²) in [5.74, 6) is -2.17. The van der Waals surface area contributed by atoms with E-state index in [1.54, 1.807) is 18.2 Å². The average Bonchev–Trinajstić information content (AvgIpc) is 3.65. The molecule has 3 aromatic rings. The fourth-order valence-electron chi connectivity index (χ4n) is 6.78. The Kier molecular flexibility index (Phi) is 14.3. The number of nitrogens with one attached hydrogen (secondary N) is 3. The van der Waals surface area contributed by atoms with E-state index in [2.05, 4.69) is 40.2 Å². The lowest BCUT2D eigenvalue weighted by atomic mass is 9.98. The highest BCUT2D eigenvalue weighted by Gasteiger charge is 2.45. The Labute approximate surface area is 318 Å². The smallest absolute Gasteiger partial charge is 0.407 e. The van der Waals surface area contributed by atoms with Crippen LogP contribution in [0.2, 0.25) is 0 Å². The van der Waals surface area contributed by atoms with Gasteiger partial charge in [-0.25, -0.2) is 4.79 Å². The molecular weight excluding hydrogens is 712 g/mol. The standard InChI is InChI=1S/C40H46N4O11/c45-35-13-12-34(37(46)43-35)44-38(47)31-10-5-11-33(36(31)39(44)48)41-14-16-50-18-20-52-22-24-54-25-23-53-21-19-51-17-15-42-40(49)55-26-32-29-8-3-1-6-27(29)28-7-2-4-9-30(28)32/h1-11,32,34,41H,12-26H2,(H,42,49)(H,43,45,46). The first-order valence-electron chi connectivity index (χ1n) is 18.5. The highest BCUT2D eigenvalue weighted by atomic mass is 16.6. The predicted molar refractivity (Wildman–Crippen MR) is 199 cm³/mol. The quantitative estimate of drug-likeness (QED) is 0.101. The van der Waals surface area contributed by atoms with Crippen LogP contribution in [0.25, 0.3) is 11.1 Å². The zero-order valence-electron chi connectivity index (χ0n) is 30.6. The van der Waals surface area contributed by atoms with Gasteiger partial charge in [0.1, 0.15) is 12.6 Å². The molecule has 15 heteroatoms. The molecule has 5 amide bonds. The lowest BCUT2D eigenvalue weighted by molar-refractivity contribution is -0.136. The van der Waals surface area contributed by atoms with Crippen molar-refractivity contribution in [2.45, 2.75) is 24.8 Å². The van der Waals surface area contributed by atoms with E-state index < -0.39 is 35.8 Å². The second-order valence-electron chi connectivity index (χ2n) is 12.9. The maximum absolute atomic E-state index is 13.2. The van der Waals surface area contributed by atoms with Crippen molar-refractivity contribution in [2.24, 2.45) is 0 Å². The first-order chi connectivity index (χ1) is 26.9. The van der Waals surface area contributed by atoms with Crippen LogP contribution < -0.4 is 16.0 Å². The van der Waals surface area contributed by atoms with Crippen molar-refractivity contribution in [3.05, 3.63) is 89.0 Å². The van der Waals surface area contributed by atoms with E-state index in [1.807, 2.05) is 24.3 Å². The summed E-state index contributed by atoms with van der Waals surface area (Å²) < 4.78 is 33.2. The molecule has 1 fully saturated rings. The predicted octanol–water partition coefficient (Wildman–Crippen LogP) is 3.12. The third-order valence-corrected chi connectivity index (χ3v) is 9.38. The van der Waals surface area contributed by atoms with Gasteiger partial charge < -0.3 is 39.1 Å². The topological polar surface area (TPSA) is 180 Å². The third-order valence-electron chi connectivity index (χ3n) is 9.38. The molecule has 3 aliphatic rings. The van der Waals surface area contributed by atoms with Crippen LogP contribution in [0.1, 0.15) is 50.6 Å². The number of carbonyl (C=O) groups is 5. The molecular formula is C40H46N4O11. The number of anilines is 1. The van der Waals surface area contributed by atoms with Crippen molar-refractivity contribution >= 4 is 35.4 Å². The Hall–Kier alpha value is -5.19. The first kappa shape index (κ1) is 39.5. The number of amides is 5. The van der Waals surface area contributed by atoms with E-state index in [4.69, 9.17) is 28.4 Å². The Morgan fingerprint density at radius 3 is 1.80 bits per heavy atom. The fraction of sp³-hybridized carbons (Fsp3) is 0.425. The molecule has 1 unspecified atom stereocenters. The number of piperidine rings is 1. The first-order valence-corrected chi connectivity index (χ1v) is 18.5. The monoisotopic (exact) mass is 758 g/mol. The minimum Gasteiger partial charge on any atom is -0.449 e. The zero-order chi connectivity index (χ0) is 38.4. The largest absolute Gasteiger partial charge is 0.449 e. The number of fused-ring (bicyclic) bond motifs is 4. The molecule has 1 saturated heterocycles. The van der Waals surface area contributed by atoms with Gasteiger partial charge in [-0.05, 0) is 40.8 Å². The highest BCUT2D eigenvalue weighted by molar-refractivity contribution is 6.25. The van der Waals surface area contributed by atoms with Gasteiger partial charge in [0, 0.05) is 31.1 Å². The van der Waals surface area contributed by atoms with Crippen molar-refractivity contribution in [1.29, 1.82) is 0 Å². The van der Waals surface area contributed by atoms with Gasteiger partial charge in [0.25, 0.3) is 11.8 Å². The third kappa shape index (κ3) is 10.1. The summed E-state index contributed by atoms with van der Waals surface area (Å²) >= 11 is 0. The molecule has 0 saturated carbocycles. The molecule has 3 aromatic carbocycles. The minimum absolute atomic E-state index is 0.0173. The second kappa shape index (κ2) is 19.9. The number of benzene rings is 3. The molecule has 0 aromatic heterocycles. The van der Waals surface area contributed by atoms with Crippen molar-refractivity contribution in [2.75, 3.05) is 91.1 Å². The van der Waals surface area contributed by atoms with E-state index >= 15 is 0 Å². The van der Waals surface area contributed by atoms with Gasteiger partial charge in [0.2, 0.25) is 11.8 Å². The fourth-order valence-corrected chi connectivity index (χ4v) is 6.78. The van der Waals surface area contributed by atoms with Gasteiger partial charge in [-0.1, -0.05) is 54.6 Å². The van der Waals surface area contributed by atoms with Crippen LogP contribution in [-0.4, -0.2) is 126 Å². The molecule has 2 aliphatic heterocycles. The molecule has 1 atom stereocenters. The number of nitrogens with zero attached hydrogens (tertiary/aromatic N) is 1. The normalized spacial score (nSPS) is 16.1. The number of rotatable bonds is 22. The van der Waals surface area contributed by atoms with E-state index in [-0.39, 0.29) is 36.5 Å². The van der Waals surface area contributed by atoms with Crippen LogP contribution in [0, 0.1) is 0 Å². The van der Waals surface area contributed by atoms with Crippen LogP contribution in [0.5, 0.6) is 0 Å². The molecule has 15 nitrogen and oxygen atoms in total. The minimum atomic E-state index is -1.02. The van der Waals surface area contributed by atoms with Crippen LogP contribution in [0.3, 0.4) is 0 Å². The number of hydrogen-bond donors (Lipinski definition) is 3. The van der Waals surface area contributed by atoms with Crippen molar-refractivity contribution in [3.63, 3.8) is 0 Å². The molecule has 0 spiro atoms. The van der Waals surface area contributed by atoms with Gasteiger partial charge in [-0.3, -0.25) is 29.4 Å². The van der Waals surface area contributed by atoms with Crippen LogP contribution in [0.15, 0.2) is 66.7 Å². The highest BCUT2D eigenvalue weighted by Crippen LogP contribution is 2.44. The van der Waals surface area contributed by atoms with Gasteiger partial charge in [-0.2, -0.15) is 0 Å². The summed E-state index contributed by atoms with van der Waals surface area (Å²) in [5, 5.41) is 8.06. The van der Waals surface area contributed by atoms with Gasteiger partial charge in [0.15, 0.2) is 0 Å². The number of imide groups is 2. The summed E-state index contributed by atoms with van der Waals surface area (Å²) in [7, 11) is 0. The van der Waals surface area contributed by atoms with Gasteiger partial charge in [-0.15, -0.1) is 0 Å². The number of alkyl carbamates (subject to hydrolysis) is 1. The average molecular weight is 759 g/mol. The van der Waals surface area contributed by atoms with E-state index in [0.717, 1.165) is 4.90 Å². The van der Waals surface area contributed by atoms with Crippen molar-refractivity contribution in [1.82, 2.24) is 15.5 Å². The lowest BCUT2D eigenvalue weighted by Gasteiger charge is -2.27. The Morgan fingerprint density at radius 2 is 1.20 bits per heavy atom. The molecule has 55 heavy (non-hydrogen) atoms. The summed E-state index contributed by atoms with van der Waals surface area (Å²) in [6.45, 7) is 4.81. The molecule has 3 N–H and O–H groups in total. The van der Waals surface area contributed by atoms with Crippen LogP contribution >= 0.6 is 0 Å². The molecule has 292 valence electrons. The van der Waals surface area contributed by atoms with Gasteiger partial charge >= 0.3 is 6.09 Å². The molecule has 1 aliphatic carbocycles.